The SMILES string of the molecule is C[C@H](C(=O)Nc1ccc(F)cc1)N1CCN(S(=O)(=O)c2ccccc2C#N)CC1. The number of nitrogens with one attached hydrogen (secondary N) is 1. The molecular formula is C20H21FN4O3S. The largest absolute Gasteiger partial charge is 0.325 e. The molecule has 3 rings (SSSR count). The maximum atomic E-state index is 13.0. The Labute approximate surface area is 169 Å². The predicted molar refractivity (Wildman–Crippen MR) is 106 cm³/mol. The molecule has 0 radical (unpaired) electrons. The van der Waals surface area contributed by atoms with E-state index in [1.54, 1.807) is 19.1 Å². The number of anilines is 1. The molecule has 0 aliphatic carbocycles. The zero-order valence-electron chi connectivity index (χ0n) is 15.9. The second-order valence-corrected chi connectivity index (χ2v) is 8.63. The highest BCUT2D eigenvalue weighted by Gasteiger charge is 2.32. The molecule has 9 heteroatoms. The molecule has 1 heterocycles. The molecule has 0 saturated carbocycles. The van der Waals surface area contributed by atoms with Crippen LogP contribution < -0.4 is 5.32 Å². The van der Waals surface area contributed by atoms with Gasteiger partial charge in [-0.05, 0) is 43.3 Å². The van der Waals surface area contributed by atoms with Gasteiger partial charge in [0.1, 0.15) is 11.9 Å². The quantitative estimate of drug-likeness (QED) is 0.805. The van der Waals surface area contributed by atoms with Crippen LogP contribution in [0.4, 0.5) is 10.1 Å². The summed E-state index contributed by atoms with van der Waals surface area (Å²) in [5, 5.41) is 11.9. The molecule has 1 aliphatic rings. The van der Waals surface area contributed by atoms with Crippen LogP contribution in [0.25, 0.3) is 0 Å². The molecule has 2 aromatic carbocycles. The van der Waals surface area contributed by atoms with E-state index in [1.807, 2.05) is 11.0 Å². The van der Waals surface area contributed by atoms with Gasteiger partial charge in [0.25, 0.3) is 0 Å². The highest BCUT2D eigenvalue weighted by atomic mass is 32.2. The Bertz CT molecular complexity index is 1030. The minimum absolute atomic E-state index is 0.00180. The molecule has 1 atom stereocenters. The number of amides is 1. The Kier molecular flexibility index (Phi) is 6.27. The molecule has 152 valence electrons. The van der Waals surface area contributed by atoms with Crippen molar-refractivity contribution in [2.45, 2.75) is 17.9 Å². The van der Waals surface area contributed by atoms with Crippen molar-refractivity contribution in [2.75, 3.05) is 31.5 Å². The van der Waals surface area contributed by atoms with Gasteiger partial charge in [0.2, 0.25) is 15.9 Å². The maximum absolute atomic E-state index is 13.0. The van der Waals surface area contributed by atoms with Gasteiger partial charge in [-0.15, -0.1) is 0 Å². The Morgan fingerprint density at radius 3 is 2.34 bits per heavy atom. The summed E-state index contributed by atoms with van der Waals surface area (Å²) in [6, 6.07) is 13.1. The number of carbonyl (C=O) groups excluding carboxylic acids is 1. The van der Waals surface area contributed by atoms with Gasteiger partial charge in [0.15, 0.2) is 0 Å². The van der Waals surface area contributed by atoms with Crippen molar-refractivity contribution in [1.82, 2.24) is 9.21 Å². The van der Waals surface area contributed by atoms with Crippen molar-refractivity contribution in [2.24, 2.45) is 0 Å². The fourth-order valence-electron chi connectivity index (χ4n) is 3.20. The summed E-state index contributed by atoms with van der Waals surface area (Å²) in [4.78, 5) is 14.4. The number of piperazine rings is 1. The van der Waals surface area contributed by atoms with Crippen molar-refractivity contribution in [3.05, 3.63) is 59.9 Å². The van der Waals surface area contributed by atoms with E-state index in [-0.39, 0.29) is 35.3 Å². The molecule has 7 nitrogen and oxygen atoms in total. The number of halogens is 1. The third kappa shape index (κ3) is 4.62. The summed E-state index contributed by atoms with van der Waals surface area (Å²) in [7, 11) is -3.78. The lowest BCUT2D eigenvalue weighted by Gasteiger charge is -2.36. The number of nitriles is 1. The molecule has 1 N–H and O–H groups in total. The highest BCUT2D eigenvalue weighted by Crippen LogP contribution is 2.21. The van der Waals surface area contributed by atoms with Gasteiger partial charge >= 0.3 is 0 Å². The molecule has 0 spiro atoms. The molecule has 0 bridgehead atoms. The highest BCUT2D eigenvalue weighted by molar-refractivity contribution is 7.89. The van der Waals surface area contributed by atoms with Gasteiger partial charge in [-0.2, -0.15) is 9.57 Å². The monoisotopic (exact) mass is 416 g/mol. The second-order valence-electron chi connectivity index (χ2n) is 6.72. The fraction of sp³-hybridized carbons (Fsp3) is 0.300. The third-order valence-electron chi connectivity index (χ3n) is 4.94. The smallest absolute Gasteiger partial charge is 0.244 e. The van der Waals surface area contributed by atoms with Crippen molar-refractivity contribution < 1.29 is 17.6 Å². The first-order valence-corrected chi connectivity index (χ1v) is 10.6. The van der Waals surface area contributed by atoms with Gasteiger partial charge in [0.05, 0.1) is 16.5 Å². The zero-order valence-corrected chi connectivity index (χ0v) is 16.7. The van der Waals surface area contributed by atoms with Crippen LogP contribution in [0.5, 0.6) is 0 Å². The van der Waals surface area contributed by atoms with Crippen LogP contribution in [0.1, 0.15) is 12.5 Å². The Hall–Kier alpha value is -2.80. The summed E-state index contributed by atoms with van der Waals surface area (Å²) in [6.45, 7) is 2.94. The van der Waals surface area contributed by atoms with Crippen molar-refractivity contribution in [3.8, 4) is 6.07 Å². The van der Waals surface area contributed by atoms with Crippen LogP contribution in [0.15, 0.2) is 53.4 Å². The molecule has 2 aromatic rings. The summed E-state index contributed by atoms with van der Waals surface area (Å²) in [5.41, 5.74) is 0.611. The molecule has 1 fully saturated rings. The van der Waals surface area contributed by atoms with Gasteiger partial charge in [-0.25, -0.2) is 12.8 Å². The minimum Gasteiger partial charge on any atom is -0.325 e. The van der Waals surface area contributed by atoms with E-state index in [0.29, 0.717) is 18.8 Å². The van der Waals surface area contributed by atoms with Crippen LogP contribution in [-0.2, 0) is 14.8 Å². The lowest BCUT2D eigenvalue weighted by molar-refractivity contribution is -0.121. The lowest BCUT2D eigenvalue weighted by atomic mass is 10.2. The van der Waals surface area contributed by atoms with Crippen molar-refractivity contribution in [3.63, 3.8) is 0 Å². The topological polar surface area (TPSA) is 93.5 Å². The summed E-state index contributed by atoms with van der Waals surface area (Å²) in [5.74, 6) is -0.630. The van der Waals surface area contributed by atoms with Crippen molar-refractivity contribution in [1.29, 1.82) is 5.26 Å². The fourth-order valence-corrected chi connectivity index (χ4v) is 4.76. The summed E-state index contributed by atoms with van der Waals surface area (Å²) < 4.78 is 40.1. The van der Waals surface area contributed by atoms with Crippen LogP contribution in [0.3, 0.4) is 0 Å². The number of rotatable bonds is 5. The summed E-state index contributed by atoms with van der Waals surface area (Å²) in [6.07, 6.45) is 0. The van der Waals surface area contributed by atoms with E-state index >= 15 is 0 Å². The summed E-state index contributed by atoms with van der Waals surface area (Å²) >= 11 is 0. The minimum atomic E-state index is -3.78. The molecular weight excluding hydrogens is 395 g/mol. The van der Waals surface area contributed by atoms with E-state index in [4.69, 9.17) is 0 Å². The normalized spacial score (nSPS) is 16.7. The van der Waals surface area contributed by atoms with Gasteiger partial charge in [-0.1, -0.05) is 12.1 Å². The average molecular weight is 416 g/mol. The van der Waals surface area contributed by atoms with Crippen LogP contribution >= 0.6 is 0 Å². The van der Waals surface area contributed by atoms with E-state index in [0.717, 1.165) is 0 Å². The number of benzene rings is 2. The first-order chi connectivity index (χ1) is 13.8. The molecule has 0 aromatic heterocycles. The van der Waals surface area contributed by atoms with E-state index < -0.39 is 16.1 Å². The Morgan fingerprint density at radius 1 is 1.10 bits per heavy atom. The van der Waals surface area contributed by atoms with Gasteiger partial charge < -0.3 is 5.32 Å². The number of sulfonamides is 1. The van der Waals surface area contributed by atoms with E-state index in [2.05, 4.69) is 5.32 Å². The number of carbonyl (C=O) groups is 1. The molecule has 0 unspecified atom stereocenters. The number of hydrogen-bond acceptors (Lipinski definition) is 5. The zero-order chi connectivity index (χ0) is 21.0. The van der Waals surface area contributed by atoms with Gasteiger partial charge in [0, 0.05) is 31.9 Å². The molecule has 1 saturated heterocycles. The lowest BCUT2D eigenvalue weighted by Crippen LogP contribution is -2.54. The number of nitrogens with zero attached hydrogens (tertiary/aromatic N) is 3. The first kappa shape index (κ1) is 20.9. The standard InChI is InChI=1S/C20H21FN4O3S/c1-15(20(26)23-18-8-6-17(21)7-9-18)24-10-12-25(13-11-24)29(27,28)19-5-3-2-4-16(19)14-22/h2-9,15H,10-13H2,1H3,(H,23,26)/t15-/m1/s1. The first-order valence-electron chi connectivity index (χ1n) is 9.12. The molecule has 1 amide bonds. The molecule has 1 aliphatic heterocycles. The number of hydrogen-bond donors (Lipinski definition) is 1. The van der Waals surface area contributed by atoms with Crippen molar-refractivity contribution >= 4 is 21.6 Å². The molecule has 29 heavy (non-hydrogen) atoms. The predicted octanol–water partition coefficient (Wildman–Crippen LogP) is 2.03. The third-order valence-corrected chi connectivity index (χ3v) is 6.89. The Morgan fingerprint density at radius 2 is 1.72 bits per heavy atom. The van der Waals surface area contributed by atoms with Crippen LogP contribution in [0.2, 0.25) is 0 Å². The van der Waals surface area contributed by atoms with Crippen LogP contribution in [0, 0.1) is 17.1 Å². The average Bonchev–Trinajstić information content (AvgIpc) is 2.74. The maximum Gasteiger partial charge on any atom is 0.244 e. The second kappa shape index (κ2) is 8.69. The van der Waals surface area contributed by atoms with Gasteiger partial charge in [-0.3, -0.25) is 9.69 Å². The Balaban J connectivity index is 1.63. The van der Waals surface area contributed by atoms with E-state index in [1.165, 1.54) is 40.7 Å². The van der Waals surface area contributed by atoms with Crippen LogP contribution in [-0.4, -0.2) is 55.8 Å². The van der Waals surface area contributed by atoms with E-state index in [9.17, 15) is 22.9 Å².